The zero-order valence-corrected chi connectivity index (χ0v) is 9.36. The highest BCUT2D eigenvalue weighted by Gasteiger charge is 2.36. The maximum atomic E-state index is 12.3. The van der Waals surface area contributed by atoms with Gasteiger partial charge < -0.3 is 0 Å². The lowest BCUT2D eigenvalue weighted by Crippen LogP contribution is -2.24. The fourth-order valence-electron chi connectivity index (χ4n) is 0.984. The zero-order chi connectivity index (χ0) is 12.3. The minimum absolute atomic E-state index is 0.138. The average Bonchev–Trinajstić information content (AvgIpc) is 2.17. The summed E-state index contributed by atoms with van der Waals surface area (Å²) in [5, 5.41) is -3.59. The van der Waals surface area contributed by atoms with Gasteiger partial charge in [-0.1, -0.05) is 11.6 Å². The van der Waals surface area contributed by atoms with Gasteiger partial charge in [0, 0.05) is 10.6 Å². The number of carbonyl (C=O) groups is 2. The molecule has 0 spiro atoms. The van der Waals surface area contributed by atoms with Gasteiger partial charge in [-0.2, -0.15) is 8.78 Å². The van der Waals surface area contributed by atoms with E-state index in [0.29, 0.717) is 5.02 Å². The van der Waals surface area contributed by atoms with Crippen molar-refractivity contribution >= 4 is 34.8 Å². The maximum Gasteiger partial charge on any atom is 0.380 e. The van der Waals surface area contributed by atoms with Gasteiger partial charge in [-0.3, -0.25) is 9.59 Å². The molecule has 0 bridgehead atoms. The zero-order valence-electron chi connectivity index (χ0n) is 7.84. The predicted molar refractivity (Wildman–Crippen MR) is 56.2 cm³/mol. The van der Waals surface area contributed by atoms with Crippen molar-refractivity contribution in [1.82, 2.24) is 0 Å². The number of alkyl halides is 3. The van der Waals surface area contributed by atoms with Crippen LogP contribution in [0.5, 0.6) is 0 Å². The second kappa shape index (κ2) is 4.89. The van der Waals surface area contributed by atoms with E-state index >= 15 is 0 Å². The highest BCUT2D eigenvalue weighted by molar-refractivity contribution is 6.34. The van der Waals surface area contributed by atoms with Crippen molar-refractivity contribution in [3.8, 4) is 0 Å². The third-order valence-electron chi connectivity index (χ3n) is 1.80. The Bertz CT molecular complexity index is 410. The predicted octanol–water partition coefficient (Wildman–Crippen LogP) is 3.31. The van der Waals surface area contributed by atoms with Gasteiger partial charge in [0.1, 0.15) is 0 Å². The third kappa shape index (κ3) is 3.54. The van der Waals surface area contributed by atoms with Gasteiger partial charge in [-0.05, 0) is 35.9 Å². The summed E-state index contributed by atoms with van der Waals surface area (Å²) in [7, 11) is 0. The molecule has 2 nitrogen and oxygen atoms in total. The lowest BCUT2D eigenvalue weighted by Gasteiger charge is -2.05. The van der Waals surface area contributed by atoms with Crippen LogP contribution >= 0.6 is 23.2 Å². The number of ketones is 2. The first-order chi connectivity index (χ1) is 7.30. The third-order valence-corrected chi connectivity index (χ3v) is 2.27. The Kier molecular flexibility index (Phi) is 3.99. The van der Waals surface area contributed by atoms with E-state index in [1.807, 2.05) is 0 Å². The number of hydrogen-bond acceptors (Lipinski definition) is 2. The van der Waals surface area contributed by atoms with E-state index in [1.165, 1.54) is 24.3 Å². The Morgan fingerprint density at radius 1 is 1.19 bits per heavy atom. The van der Waals surface area contributed by atoms with E-state index in [-0.39, 0.29) is 5.56 Å². The van der Waals surface area contributed by atoms with Crippen molar-refractivity contribution in [2.24, 2.45) is 0 Å². The summed E-state index contributed by atoms with van der Waals surface area (Å²) in [6.45, 7) is 0. The number of rotatable bonds is 4. The summed E-state index contributed by atoms with van der Waals surface area (Å²) < 4.78 is 24.6. The standard InChI is InChI=1S/C10H6Cl2F2O2/c11-7-3-1-6(2-4-7)8(15)5-9(16)10(12,13)14/h1-4H,5H2. The molecular weight excluding hydrogens is 261 g/mol. The van der Waals surface area contributed by atoms with Gasteiger partial charge in [0.15, 0.2) is 5.78 Å². The minimum Gasteiger partial charge on any atom is -0.294 e. The molecule has 1 aromatic rings. The smallest absolute Gasteiger partial charge is 0.294 e. The van der Waals surface area contributed by atoms with Crippen LogP contribution in [-0.4, -0.2) is 16.9 Å². The van der Waals surface area contributed by atoms with Crippen LogP contribution in [0.3, 0.4) is 0 Å². The van der Waals surface area contributed by atoms with Crippen molar-refractivity contribution in [1.29, 1.82) is 0 Å². The number of carbonyl (C=O) groups excluding carboxylic acids is 2. The monoisotopic (exact) mass is 266 g/mol. The van der Waals surface area contributed by atoms with Crippen molar-refractivity contribution in [3.63, 3.8) is 0 Å². The molecule has 0 aromatic heterocycles. The van der Waals surface area contributed by atoms with Crippen LogP contribution in [-0.2, 0) is 4.79 Å². The number of hydrogen-bond donors (Lipinski definition) is 0. The quantitative estimate of drug-likeness (QED) is 0.476. The molecule has 0 atom stereocenters. The molecule has 0 fully saturated rings. The molecule has 0 saturated carbocycles. The summed E-state index contributed by atoms with van der Waals surface area (Å²) in [5.41, 5.74) is 0.138. The second-order valence-corrected chi connectivity index (χ2v) is 3.94. The topological polar surface area (TPSA) is 34.1 Å². The van der Waals surface area contributed by atoms with E-state index in [4.69, 9.17) is 11.6 Å². The van der Waals surface area contributed by atoms with Crippen LogP contribution in [0.25, 0.3) is 0 Å². The fourth-order valence-corrected chi connectivity index (χ4v) is 1.18. The molecule has 0 aliphatic carbocycles. The molecule has 0 saturated heterocycles. The highest BCUT2D eigenvalue weighted by Crippen LogP contribution is 2.22. The van der Waals surface area contributed by atoms with Gasteiger partial charge in [0.2, 0.25) is 5.78 Å². The van der Waals surface area contributed by atoms with Gasteiger partial charge >= 0.3 is 5.38 Å². The largest absolute Gasteiger partial charge is 0.380 e. The summed E-state index contributed by atoms with van der Waals surface area (Å²) in [4.78, 5) is 22.1. The van der Waals surface area contributed by atoms with Crippen LogP contribution in [0, 0.1) is 0 Å². The molecule has 0 radical (unpaired) electrons. The Morgan fingerprint density at radius 2 is 1.69 bits per heavy atom. The van der Waals surface area contributed by atoms with E-state index in [1.54, 1.807) is 0 Å². The number of Topliss-reactive ketones (excluding diaryl/α,β-unsaturated/α-hetero) is 2. The minimum atomic E-state index is -4.00. The lowest BCUT2D eigenvalue weighted by molar-refractivity contribution is -0.132. The van der Waals surface area contributed by atoms with Crippen LogP contribution < -0.4 is 0 Å². The fraction of sp³-hybridized carbons (Fsp3) is 0.200. The first-order valence-corrected chi connectivity index (χ1v) is 4.95. The molecule has 86 valence electrons. The second-order valence-electron chi connectivity index (χ2n) is 3.03. The molecule has 0 N–H and O–H groups in total. The van der Waals surface area contributed by atoms with Crippen molar-refractivity contribution in [2.75, 3.05) is 0 Å². The van der Waals surface area contributed by atoms with Crippen molar-refractivity contribution in [3.05, 3.63) is 34.9 Å². The molecular formula is C10H6Cl2F2O2. The molecule has 16 heavy (non-hydrogen) atoms. The van der Waals surface area contributed by atoms with Crippen LogP contribution in [0.15, 0.2) is 24.3 Å². The summed E-state index contributed by atoms with van der Waals surface area (Å²) in [6, 6.07) is 5.56. The Balaban J connectivity index is 2.74. The van der Waals surface area contributed by atoms with Gasteiger partial charge in [-0.25, -0.2) is 0 Å². The van der Waals surface area contributed by atoms with E-state index < -0.39 is 23.4 Å². The van der Waals surface area contributed by atoms with Crippen LogP contribution in [0.2, 0.25) is 5.02 Å². The maximum absolute atomic E-state index is 12.3. The Labute approximate surface area is 100 Å². The van der Waals surface area contributed by atoms with E-state index in [9.17, 15) is 18.4 Å². The van der Waals surface area contributed by atoms with Gasteiger partial charge in [0.25, 0.3) is 0 Å². The van der Waals surface area contributed by atoms with Crippen LogP contribution in [0.4, 0.5) is 8.78 Å². The van der Waals surface area contributed by atoms with Gasteiger partial charge in [0.05, 0.1) is 6.42 Å². The molecule has 0 heterocycles. The Morgan fingerprint density at radius 3 is 2.12 bits per heavy atom. The highest BCUT2D eigenvalue weighted by atomic mass is 35.5. The first kappa shape index (κ1) is 13.1. The van der Waals surface area contributed by atoms with Gasteiger partial charge in [-0.15, -0.1) is 0 Å². The molecule has 1 aromatic carbocycles. The number of halogens is 4. The lowest BCUT2D eigenvalue weighted by atomic mass is 10.1. The molecule has 0 aliphatic heterocycles. The molecule has 0 aliphatic rings. The molecule has 6 heteroatoms. The average molecular weight is 267 g/mol. The summed E-state index contributed by atoms with van der Waals surface area (Å²) in [6.07, 6.45) is -0.932. The molecule has 1 rings (SSSR count). The van der Waals surface area contributed by atoms with E-state index in [2.05, 4.69) is 11.6 Å². The molecule has 0 unspecified atom stereocenters. The molecule has 0 amide bonds. The SMILES string of the molecule is O=C(CC(=O)C(F)(F)Cl)c1ccc(Cl)cc1. The first-order valence-electron chi connectivity index (χ1n) is 4.19. The summed E-state index contributed by atoms with van der Waals surface area (Å²) in [5.74, 6) is -2.34. The normalized spacial score (nSPS) is 11.2. The van der Waals surface area contributed by atoms with Crippen molar-refractivity contribution < 1.29 is 18.4 Å². The van der Waals surface area contributed by atoms with Crippen LogP contribution in [0.1, 0.15) is 16.8 Å². The van der Waals surface area contributed by atoms with Crippen molar-refractivity contribution in [2.45, 2.75) is 11.8 Å². The Hall–Kier alpha value is -1.00. The van der Waals surface area contributed by atoms with E-state index in [0.717, 1.165) is 0 Å². The summed E-state index contributed by atoms with van der Waals surface area (Å²) >= 11 is 10.1. The number of benzene rings is 1.